The van der Waals surface area contributed by atoms with Crippen LogP contribution in [0.1, 0.15) is 56.7 Å². The second-order valence-electron chi connectivity index (χ2n) is 7.97. The fourth-order valence-corrected chi connectivity index (χ4v) is 3.39. The van der Waals surface area contributed by atoms with Crippen molar-refractivity contribution in [1.29, 1.82) is 0 Å². The zero-order valence-electron chi connectivity index (χ0n) is 15.7. The van der Waals surface area contributed by atoms with Crippen LogP contribution in [-0.4, -0.2) is 11.6 Å². The Labute approximate surface area is 160 Å². The lowest BCUT2D eigenvalue weighted by molar-refractivity contribution is -0.122. The summed E-state index contributed by atoms with van der Waals surface area (Å²) < 4.78 is 0. The van der Waals surface area contributed by atoms with Crippen LogP contribution in [0.4, 0.5) is 0 Å². The lowest BCUT2D eigenvalue weighted by Gasteiger charge is -2.19. The van der Waals surface area contributed by atoms with Crippen molar-refractivity contribution >= 4 is 23.2 Å². The van der Waals surface area contributed by atoms with Crippen LogP contribution in [0.3, 0.4) is 0 Å². The van der Waals surface area contributed by atoms with Gasteiger partial charge in [0.05, 0.1) is 5.71 Å². The lowest BCUT2D eigenvalue weighted by atomic mass is 9.86. The molecule has 4 heteroatoms. The number of rotatable bonds is 4. The van der Waals surface area contributed by atoms with Crippen LogP contribution in [0.25, 0.3) is 0 Å². The van der Waals surface area contributed by atoms with Crippen molar-refractivity contribution in [1.82, 2.24) is 5.43 Å². The smallest absolute Gasteiger partial charge is 0.243 e. The number of carbonyl (C=O) groups excluding carboxylic acids is 1. The highest BCUT2D eigenvalue weighted by Crippen LogP contribution is 2.47. The van der Waals surface area contributed by atoms with Gasteiger partial charge in [0.15, 0.2) is 0 Å². The number of amides is 1. The summed E-state index contributed by atoms with van der Waals surface area (Å²) in [6.07, 6.45) is 0.876. The van der Waals surface area contributed by atoms with Gasteiger partial charge < -0.3 is 0 Å². The van der Waals surface area contributed by atoms with Crippen LogP contribution in [0.15, 0.2) is 53.6 Å². The topological polar surface area (TPSA) is 41.5 Å². The highest BCUT2D eigenvalue weighted by atomic mass is 35.5. The Morgan fingerprint density at radius 3 is 2.38 bits per heavy atom. The van der Waals surface area contributed by atoms with E-state index >= 15 is 0 Å². The first-order valence-electron chi connectivity index (χ1n) is 8.97. The van der Waals surface area contributed by atoms with Gasteiger partial charge in [0, 0.05) is 16.5 Å². The molecular weight excluding hydrogens is 344 g/mol. The summed E-state index contributed by atoms with van der Waals surface area (Å²) >= 11 is 6.16. The second kappa shape index (κ2) is 7.24. The highest BCUT2D eigenvalue weighted by Gasteiger charge is 2.44. The molecule has 0 radical (unpaired) electrons. The molecular formula is C22H25ClN2O. The van der Waals surface area contributed by atoms with Crippen LogP contribution < -0.4 is 5.43 Å². The van der Waals surface area contributed by atoms with Gasteiger partial charge in [0.2, 0.25) is 5.91 Å². The Balaban J connectivity index is 1.61. The molecule has 1 amide bonds. The van der Waals surface area contributed by atoms with Gasteiger partial charge in [-0.3, -0.25) is 4.79 Å². The molecule has 2 aromatic carbocycles. The van der Waals surface area contributed by atoms with E-state index in [-0.39, 0.29) is 17.2 Å². The molecule has 2 aromatic rings. The number of nitrogens with zero attached hydrogens (tertiary/aromatic N) is 1. The summed E-state index contributed by atoms with van der Waals surface area (Å²) in [5, 5.41) is 4.85. The molecule has 136 valence electrons. The van der Waals surface area contributed by atoms with Crippen LogP contribution >= 0.6 is 11.6 Å². The van der Waals surface area contributed by atoms with Gasteiger partial charge in [-0.1, -0.05) is 74.8 Å². The monoisotopic (exact) mass is 368 g/mol. The molecule has 0 heterocycles. The van der Waals surface area contributed by atoms with Crippen molar-refractivity contribution < 1.29 is 4.79 Å². The predicted molar refractivity (Wildman–Crippen MR) is 108 cm³/mol. The van der Waals surface area contributed by atoms with Crippen molar-refractivity contribution in [2.45, 2.75) is 45.4 Å². The Kier molecular flexibility index (Phi) is 5.19. The van der Waals surface area contributed by atoms with Crippen molar-refractivity contribution in [3.05, 3.63) is 70.2 Å². The molecule has 1 aliphatic rings. The third-order valence-corrected chi connectivity index (χ3v) is 5.26. The van der Waals surface area contributed by atoms with Crippen LogP contribution in [-0.2, 0) is 10.2 Å². The lowest BCUT2D eigenvalue weighted by Crippen LogP contribution is -2.21. The molecule has 26 heavy (non-hydrogen) atoms. The van der Waals surface area contributed by atoms with Crippen LogP contribution in [0.2, 0.25) is 5.02 Å². The second-order valence-corrected chi connectivity index (χ2v) is 8.38. The largest absolute Gasteiger partial charge is 0.273 e. The minimum atomic E-state index is -0.0266. The van der Waals surface area contributed by atoms with Gasteiger partial charge in [-0.25, -0.2) is 5.43 Å². The third-order valence-electron chi connectivity index (χ3n) is 4.93. The fraction of sp³-hybridized carbons (Fsp3) is 0.364. The van der Waals surface area contributed by atoms with E-state index in [4.69, 9.17) is 11.6 Å². The molecule has 3 rings (SSSR count). The standard InChI is InChI=1S/C22H25ClN2O/c1-14(17-7-5-6-8-20(17)23)24-25-21(26)19-13-18(19)15-9-11-16(12-10-15)22(2,3)4/h5-12,18-19H,13H2,1-4H3,(H,25,26)/b24-14+. The van der Waals surface area contributed by atoms with Crippen molar-refractivity contribution in [2.75, 3.05) is 0 Å². The number of hydrogen-bond donors (Lipinski definition) is 1. The molecule has 0 aromatic heterocycles. The van der Waals surface area contributed by atoms with Gasteiger partial charge in [0.1, 0.15) is 0 Å². The Bertz CT molecular complexity index is 834. The predicted octanol–water partition coefficient (Wildman–Crippen LogP) is 5.28. The first-order chi connectivity index (χ1) is 12.3. The number of hydrazone groups is 1. The minimum absolute atomic E-state index is 0.00159. The normalized spacial score (nSPS) is 20.0. The van der Waals surface area contributed by atoms with E-state index < -0.39 is 0 Å². The van der Waals surface area contributed by atoms with Gasteiger partial charge >= 0.3 is 0 Å². The summed E-state index contributed by atoms with van der Waals surface area (Å²) in [6, 6.07) is 16.1. The number of nitrogens with one attached hydrogen (secondary N) is 1. The molecule has 1 saturated carbocycles. The third kappa shape index (κ3) is 4.16. The van der Waals surface area contributed by atoms with Gasteiger partial charge in [0.25, 0.3) is 0 Å². The molecule has 1 N–H and O–H groups in total. The van der Waals surface area contributed by atoms with E-state index in [2.05, 4.69) is 55.6 Å². The Hall–Kier alpha value is -2.13. The van der Waals surface area contributed by atoms with E-state index in [1.807, 2.05) is 31.2 Å². The molecule has 0 saturated heterocycles. The Morgan fingerprint density at radius 1 is 1.12 bits per heavy atom. The molecule has 3 nitrogen and oxygen atoms in total. The first-order valence-corrected chi connectivity index (χ1v) is 9.34. The maximum atomic E-state index is 12.4. The molecule has 2 unspecified atom stereocenters. The fourth-order valence-electron chi connectivity index (χ4n) is 3.12. The molecule has 1 fully saturated rings. The number of halogens is 1. The van der Waals surface area contributed by atoms with E-state index in [0.717, 1.165) is 12.0 Å². The van der Waals surface area contributed by atoms with Crippen LogP contribution in [0.5, 0.6) is 0 Å². The summed E-state index contributed by atoms with van der Waals surface area (Å²) in [5.74, 6) is 0.263. The average molecular weight is 369 g/mol. The minimum Gasteiger partial charge on any atom is -0.273 e. The van der Waals surface area contributed by atoms with E-state index in [1.54, 1.807) is 0 Å². The van der Waals surface area contributed by atoms with Gasteiger partial charge in [-0.2, -0.15) is 5.10 Å². The zero-order valence-corrected chi connectivity index (χ0v) is 16.5. The van der Waals surface area contributed by atoms with Crippen molar-refractivity contribution in [3.8, 4) is 0 Å². The van der Waals surface area contributed by atoms with Gasteiger partial charge in [-0.05, 0) is 41.9 Å². The molecule has 0 aliphatic heterocycles. The van der Waals surface area contributed by atoms with Crippen LogP contribution in [0, 0.1) is 5.92 Å². The first kappa shape index (κ1) is 18.7. The highest BCUT2D eigenvalue weighted by molar-refractivity contribution is 6.34. The summed E-state index contributed by atoms with van der Waals surface area (Å²) in [4.78, 5) is 12.4. The Morgan fingerprint density at radius 2 is 1.77 bits per heavy atom. The molecule has 1 aliphatic carbocycles. The number of benzene rings is 2. The average Bonchev–Trinajstić information content (AvgIpc) is 3.40. The van der Waals surface area contributed by atoms with E-state index in [0.29, 0.717) is 16.7 Å². The zero-order chi connectivity index (χ0) is 18.9. The maximum Gasteiger partial charge on any atom is 0.243 e. The van der Waals surface area contributed by atoms with Crippen molar-refractivity contribution in [2.24, 2.45) is 11.0 Å². The quantitative estimate of drug-likeness (QED) is 0.578. The maximum absolute atomic E-state index is 12.4. The van der Waals surface area contributed by atoms with E-state index in [1.165, 1.54) is 11.1 Å². The van der Waals surface area contributed by atoms with Gasteiger partial charge in [-0.15, -0.1) is 0 Å². The number of carbonyl (C=O) groups is 1. The number of hydrogen-bond acceptors (Lipinski definition) is 2. The SMILES string of the molecule is C/C(=N\NC(=O)C1CC1c1ccc(C(C)(C)C)cc1)c1ccccc1Cl. The van der Waals surface area contributed by atoms with E-state index in [9.17, 15) is 4.79 Å². The summed E-state index contributed by atoms with van der Waals surface area (Å²) in [5.41, 5.74) is 6.91. The molecule has 0 bridgehead atoms. The summed E-state index contributed by atoms with van der Waals surface area (Å²) in [7, 11) is 0. The van der Waals surface area contributed by atoms with Crippen molar-refractivity contribution in [3.63, 3.8) is 0 Å². The molecule has 0 spiro atoms. The summed E-state index contributed by atoms with van der Waals surface area (Å²) in [6.45, 7) is 8.45. The molecule has 2 atom stereocenters.